The van der Waals surface area contributed by atoms with Crippen LogP contribution < -0.4 is 10.1 Å². The van der Waals surface area contributed by atoms with Gasteiger partial charge in [-0.2, -0.15) is 5.10 Å². The van der Waals surface area contributed by atoms with Gasteiger partial charge in [-0.3, -0.25) is 4.68 Å². The van der Waals surface area contributed by atoms with Crippen molar-refractivity contribution in [1.29, 1.82) is 0 Å². The molecular weight excluding hydrogens is 250 g/mol. The molecule has 0 radical (unpaired) electrons. The van der Waals surface area contributed by atoms with Crippen LogP contribution in [0.2, 0.25) is 0 Å². The monoisotopic (exact) mass is 273 g/mol. The Kier molecular flexibility index (Phi) is 4.32. The van der Waals surface area contributed by atoms with Gasteiger partial charge in [-0.15, -0.1) is 0 Å². The minimum atomic E-state index is 0.424. The number of methoxy groups -OCH3 is 1. The van der Waals surface area contributed by atoms with Crippen molar-refractivity contribution in [3.63, 3.8) is 0 Å². The summed E-state index contributed by atoms with van der Waals surface area (Å²) < 4.78 is 7.26. The van der Waals surface area contributed by atoms with Gasteiger partial charge in [0.15, 0.2) is 0 Å². The average molecular weight is 273 g/mol. The molecule has 2 rings (SSSR count). The molecule has 0 amide bonds. The van der Waals surface area contributed by atoms with Crippen LogP contribution in [0, 0.1) is 6.92 Å². The highest BCUT2D eigenvalue weighted by atomic mass is 16.5. The van der Waals surface area contributed by atoms with E-state index in [4.69, 9.17) is 4.74 Å². The summed E-state index contributed by atoms with van der Waals surface area (Å²) >= 11 is 0. The summed E-state index contributed by atoms with van der Waals surface area (Å²) in [7, 11) is 3.65. The van der Waals surface area contributed by atoms with Gasteiger partial charge in [-0.1, -0.05) is 19.9 Å². The molecule has 20 heavy (non-hydrogen) atoms. The molecule has 0 unspecified atom stereocenters. The molecule has 0 aliphatic rings. The quantitative estimate of drug-likeness (QED) is 0.906. The van der Waals surface area contributed by atoms with Crippen LogP contribution in [0.15, 0.2) is 24.4 Å². The zero-order valence-electron chi connectivity index (χ0n) is 12.9. The molecule has 0 spiro atoms. The van der Waals surface area contributed by atoms with Gasteiger partial charge in [-0.05, 0) is 30.5 Å². The van der Waals surface area contributed by atoms with Crippen LogP contribution in [0.1, 0.15) is 36.6 Å². The van der Waals surface area contributed by atoms with Gasteiger partial charge in [0.2, 0.25) is 0 Å². The van der Waals surface area contributed by atoms with Crippen molar-refractivity contribution in [1.82, 2.24) is 9.78 Å². The first-order chi connectivity index (χ1) is 9.51. The topological polar surface area (TPSA) is 39.1 Å². The summed E-state index contributed by atoms with van der Waals surface area (Å²) in [6.07, 6.45) is 2.07. The van der Waals surface area contributed by atoms with Gasteiger partial charge < -0.3 is 10.1 Å². The summed E-state index contributed by atoms with van der Waals surface area (Å²) in [6.45, 7) is 7.16. The van der Waals surface area contributed by atoms with Crippen molar-refractivity contribution < 1.29 is 4.74 Å². The van der Waals surface area contributed by atoms with Gasteiger partial charge in [0, 0.05) is 25.4 Å². The standard InChI is InChI=1S/C16H23N3O/c1-11(2)16-13(10-19(4)18-16)9-17-14-8-12(3)6-7-15(14)20-5/h6-8,10-11,17H,9H2,1-5H3. The van der Waals surface area contributed by atoms with E-state index in [0.29, 0.717) is 5.92 Å². The van der Waals surface area contributed by atoms with Gasteiger partial charge in [-0.25, -0.2) is 0 Å². The molecule has 1 N–H and O–H groups in total. The number of aromatic nitrogens is 2. The van der Waals surface area contributed by atoms with Crippen LogP contribution in [-0.2, 0) is 13.6 Å². The molecule has 0 saturated heterocycles. The third-order valence-corrected chi connectivity index (χ3v) is 3.31. The van der Waals surface area contributed by atoms with E-state index in [1.165, 1.54) is 11.1 Å². The lowest BCUT2D eigenvalue weighted by atomic mass is 10.1. The SMILES string of the molecule is COc1ccc(C)cc1NCc1cn(C)nc1C(C)C. The molecule has 1 aromatic heterocycles. The molecule has 1 aromatic carbocycles. The molecule has 108 valence electrons. The van der Waals surface area contributed by atoms with Crippen molar-refractivity contribution in [2.24, 2.45) is 7.05 Å². The zero-order valence-corrected chi connectivity index (χ0v) is 12.9. The average Bonchev–Trinajstić information content (AvgIpc) is 2.78. The highest BCUT2D eigenvalue weighted by molar-refractivity contribution is 5.58. The molecule has 1 heterocycles. The lowest BCUT2D eigenvalue weighted by molar-refractivity contribution is 0.416. The van der Waals surface area contributed by atoms with E-state index in [2.05, 4.69) is 43.4 Å². The summed E-state index contributed by atoms with van der Waals surface area (Å²) in [5.74, 6) is 1.29. The fraction of sp³-hybridized carbons (Fsp3) is 0.438. The van der Waals surface area contributed by atoms with E-state index in [0.717, 1.165) is 23.7 Å². The number of hydrogen-bond acceptors (Lipinski definition) is 3. The summed E-state index contributed by atoms with van der Waals surface area (Å²) in [5.41, 5.74) is 4.60. The van der Waals surface area contributed by atoms with Crippen LogP contribution in [-0.4, -0.2) is 16.9 Å². The second-order valence-electron chi connectivity index (χ2n) is 5.43. The maximum Gasteiger partial charge on any atom is 0.141 e. The van der Waals surface area contributed by atoms with Crippen LogP contribution in [0.4, 0.5) is 5.69 Å². The van der Waals surface area contributed by atoms with Crippen LogP contribution >= 0.6 is 0 Å². The lowest BCUT2D eigenvalue weighted by Gasteiger charge is -2.12. The zero-order chi connectivity index (χ0) is 14.7. The third kappa shape index (κ3) is 3.13. The Morgan fingerprint density at radius 3 is 2.75 bits per heavy atom. The predicted molar refractivity (Wildman–Crippen MR) is 82.4 cm³/mol. The Bertz CT molecular complexity index is 587. The first-order valence-corrected chi connectivity index (χ1v) is 6.92. The van der Waals surface area contributed by atoms with Gasteiger partial charge in [0.05, 0.1) is 18.5 Å². The van der Waals surface area contributed by atoms with Crippen LogP contribution in [0.25, 0.3) is 0 Å². The molecule has 0 saturated carbocycles. The maximum absolute atomic E-state index is 5.39. The van der Waals surface area contributed by atoms with Crippen molar-refractivity contribution in [2.45, 2.75) is 33.2 Å². The Labute approximate surface area is 120 Å². The van der Waals surface area contributed by atoms with E-state index in [1.54, 1.807) is 7.11 Å². The maximum atomic E-state index is 5.39. The Morgan fingerprint density at radius 1 is 1.35 bits per heavy atom. The van der Waals surface area contributed by atoms with Crippen LogP contribution in [0.3, 0.4) is 0 Å². The van der Waals surface area contributed by atoms with E-state index in [-0.39, 0.29) is 0 Å². The van der Waals surface area contributed by atoms with E-state index < -0.39 is 0 Å². The number of nitrogens with one attached hydrogen (secondary N) is 1. The minimum Gasteiger partial charge on any atom is -0.495 e. The normalized spacial score (nSPS) is 10.9. The first-order valence-electron chi connectivity index (χ1n) is 6.92. The minimum absolute atomic E-state index is 0.424. The first kappa shape index (κ1) is 14.4. The number of ether oxygens (including phenoxy) is 1. The largest absolute Gasteiger partial charge is 0.495 e. The number of benzene rings is 1. The van der Waals surface area contributed by atoms with E-state index >= 15 is 0 Å². The van der Waals surface area contributed by atoms with Gasteiger partial charge in [0.25, 0.3) is 0 Å². The van der Waals surface area contributed by atoms with Gasteiger partial charge >= 0.3 is 0 Å². The second-order valence-corrected chi connectivity index (χ2v) is 5.43. The van der Waals surface area contributed by atoms with E-state index in [1.807, 2.05) is 23.9 Å². The fourth-order valence-corrected chi connectivity index (χ4v) is 2.33. The highest BCUT2D eigenvalue weighted by Gasteiger charge is 2.12. The molecule has 0 atom stereocenters. The Morgan fingerprint density at radius 2 is 2.10 bits per heavy atom. The third-order valence-electron chi connectivity index (χ3n) is 3.31. The predicted octanol–water partition coefficient (Wildman–Crippen LogP) is 3.47. The molecule has 2 aromatic rings. The summed E-state index contributed by atoms with van der Waals surface area (Å²) in [4.78, 5) is 0. The van der Waals surface area contributed by atoms with Gasteiger partial charge in [0.1, 0.15) is 5.75 Å². The number of anilines is 1. The number of nitrogens with zero attached hydrogens (tertiary/aromatic N) is 2. The molecule has 4 heteroatoms. The van der Waals surface area contributed by atoms with Crippen molar-refractivity contribution in [3.05, 3.63) is 41.2 Å². The molecule has 0 aliphatic heterocycles. The highest BCUT2D eigenvalue weighted by Crippen LogP contribution is 2.26. The molecule has 0 fully saturated rings. The number of rotatable bonds is 5. The summed E-state index contributed by atoms with van der Waals surface area (Å²) in [5, 5.41) is 7.98. The fourth-order valence-electron chi connectivity index (χ4n) is 2.33. The number of aryl methyl sites for hydroxylation is 2. The second kappa shape index (κ2) is 5.99. The van der Waals surface area contributed by atoms with Crippen molar-refractivity contribution in [2.75, 3.05) is 12.4 Å². The Balaban J connectivity index is 2.18. The number of hydrogen-bond donors (Lipinski definition) is 1. The molecule has 0 bridgehead atoms. The smallest absolute Gasteiger partial charge is 0.141 e. The lowest BCUT2D eigenvalue weighted by Crippen LogP contribution is -2.04. The van der Waals surface area contributed by atoms with Crippen LogP contribution in [0.5, 0.6) is 5.75 Å². The molecule has 0 aliphatic carbocycles. The molecular formula is C16H23N3O. The Hall–Kier alpha value is -1.97. The van der Waals surface area contributed by atoms with Crippen molar-refractivity contribution in [3.8, 4) is 5.75 Å². The summed E-state index contributed by atoms with van der Waals surface area (Å²) in [6, 6.07) is 6.14. The molecule has 4 nitrogen and oxygen atoms in total. The van der Waals surface area contributed by atoms with E-state index in [9.17, 15) is 0 Å². The van der Waals surface area contributed by atoms with Crippen molar-refractivity contribution >= 4 is 5.69 Å².